The number of benzene rings is 2. The van der Waals surface area contributed by atoms with Gasteiger partial charge in [0.2, 0.25) is 0 Å². The summed E-state index contributed by atoms with van der Waals surface area (Å²) in [4.78, 5) is 36.0. The Morgan fingerprint density at radius 1 is 1.00 bits per heavy atom. The minimum Gasteiger partial charge on any atom is -0.449 e. The van der Waals surface area contributed by atoms with E-state index in [1.807, 2.05) is 12.1 Å². The maximum Gasteiger partial charge on any atom is 0.338 e. The quantitative estimate of drug-likeness (QED) is 0.660. The normalized spacial score (nSPS) is 13.6. The van der Waals surface area contributed by atoms with E-state index in [9.17, 15) is 14.4 Å². The average molecular weight is 351 g/mol. The summed E-state index contributed by atoms with van der Waals surface area (Å²) in [5, 5.41) is 2.67. The molecule has 2 aromatic carbocycles. The molecule has 5 heteroatoms. The van der Waals surface area contributed by atoms with E-state index in [1.165, 1.54) is 25.0 Å². The maximum absolute atomic E-state index is 12.3. The monoisotopic (exact) mass is 351 g/mol. The lowest BCUT2D eigenvalue weighted by Gasteiger charge is -2.14. The number of anilines is 1. The highest BCUT2D eigenvalue weighted by Crippen LogP contribution is 2.23. The molecule has 0 unspecified atom stereocenters. The average Bonchev–Trinajstić information content (AvgIpc) is 3.09. The lowest BCUT2D eigenvalue weighted by molar-refractivity contribution is -0.123. The van der Waals surface area contributed by atoms with E-state index >= 15 is 0 Å². The number of esters is 1. The Bertz CT molecular complexity index is 872. The molecule has 3 rings (SSSR count). The number of amides is 1. The highest BCUT2D eigenvalue weighted by molar-refractivity contribution is 5.99. The van der Waals surface area contributed by atoms with Gasteiger partial charge in [-0.25, -0.2) is 4.79 Å². The molecule has 0 heterocycles. The smallest absolute Gasteiger partial charge is 0.338 e. The molecule has 1 atom stereocenters. The van der Waals surface area contributed by atoms with Crippen molar-refractivity contribution in [1.82, 2.24) is 0 Å². The van der Waals surface area contributed by atoms with Crippen LogP contribution in [0.3, 0.4) is 0 Å². The highest BCUT2D eigenvalue weighted by Gasteiger charge is 2.21. The molecule has 2 aromatic rings. The van der Waals surface area contributed by atoms with Gasteiger partial charge in [-0.3, -0.25) is 9.59 Å². The molecule has 0 fully saturated rings. The summed E-state index contributed by atoms with van der Waals surface area (Å²) in [5.41, 5.74) is 3.91. The summed E-state index contributed by atoms with van der Waals surface area (Å²) in [6, 6.07) is 12.2. The van der Waals surface area contributed by atoms with Gasteiger partial charge in [-0.05, 0) is 68.5 Å². The fraction of sp³-hybridized carbons (Fsp3) is 0.286. The maximum atomic E-state index is 12.3. The molecule has 26 heavy (non-hydrogen) atoms. The van der Waals surface area contributed by atoms with Crippen LogP contribution in [0.1, 0.15) is 52.1 Å². The van der Waals surface area contributed by atoms with Gasteiger partial charge in [-0.2, -0.15) is 0 Å². The molecule has 134 valence electrons. The van der Waals surface area contributed by atoms with Crippen molar-refractivity contribution in [2.24, 2.45) is 0 Å². The summed E-state index contributed by atoms with van der Waals surface area (Å²) in [6.07, 6.45) is 2.17. The Balaban J connectivity index is 1.63. The molecule has 5 nitrogen and oxygen atoms in total. The number of rotatable bonds is 5. The first-order valence-corrected chi connectivity index (χ1v) is 8.68. The standard InChI is InChI=1S/C21H21NO4/c1-13(23)16-6-4-8-19(12-16)22-20(24)14(2)26-21(25)18-10-9-15-5-3-7-17(15)11-18/h4,6,8-12,14H,3,5,7H2,1-2H3,(H,22,24)/t14-/m1/s1. The third-order valence-corrected chi connectivity index (χ3v) is 4.52. The number of nitrogens with one attached hydrogen (secondary N) is 1. The SMILES string of the molecule is CC(=O)c1cccc(NC(=O)[C@@H](C)OC(=O)c2ccc3c(c2)CCC3)c1. The van der Waals surface area contributed by atoms with Crippen molar-refractivity contribution in [2.75, 3.05) is 5.32 Å². The summed E-state index contributed by atoms with van der Waals surface area (Å²) in [5.74, 6) is -1.04. The van der Waals surface area contributed by atoms with E-state index in [1.54, 1.807) is 30.3 Å². The van der Waals surface area contributed by atoms with Crippen LogP contribution in [0.4, 0.5) is 5.69 Å². The van der Waals surface area contributed by atoms with Crippen molar-refractivity contribution < 1.29 is 19.1 Å². The second kappa shape index (κ2) is 7.52. The van der Waals surface area contributed by atoms with Gasteiger partial charge in [0.25, 0.3) is 5.91 Å². The lowest BCUT2D eigenvalue weighted by atomic mass is 10.1. The molecule has 1 aliphatic carbocycles. The molecule has 0 spiro atoms. The Labute approximate surface area is 152 Å². The van der Waals surface area contributed by atoms with E-state index in [-0.39, 0.29) is 5.78 Å². The number of hydrogen-bond donors (Lipinski definition) is 1. The number of fused-ring (bicyclic) bond motifs is 1. The fourth-order valence-electron chi connectivity index (χ4n) is 3.04. The third kappa shape index (κ3) is 3.99. The molecule has 0 saturated heterocycles. The largest absolute Gasteiger partial charge is 0.449 e. The predicted octanol–water partition coefficient (Wildman–Crippen LogP) is 3.56. The Morgan fingerprint density at radius 3 is 2.54 bits per heavy atom. The zero-order valence-electron chi connectivity index (χ0n) is 14.9. The number of ether oxygens (including phenoxy) is 1. The van der Waals surface area contributed by atoms with Gasteiger partial charge < -0.3 is 10.1 Å². The zero-order valence-corrected chi connectivity index (χ0v) is 14.9. The number of hydrogen-bond acceptors (Lipinski definition) is 4. The van der Waals surface area contributed by atoms with Crippen molar-refractivity contribution in [3.05, 3.63) is 64.7 Å². The zero-order chi connectivity index (χ0) is 18.7. The summed E-state index contributed by atoms with van der Waals surface area (Å²) < 4.78 is 5.29. The molecule has 1 amide bonds. The van der Waals surface area contributed by atoms with Gasteiger partial charge >= 0.3 is 5.97 Å². The van der Waals surface area contributed by atoms with Crippen LogP contribution in [-0.4, -0.2) is 23.8 Å². The molecule has 1 aliphatic rings. The van der Waals surface area contributed by atoms with Gasteiger partial charge in [-0.15, -0.1) is 0 Å². The van der Waals surface area contributed by atoms with Crippen LogP contribution >= 0.6 is 0 Å². The Morgan fingerprint density at radius 2 is 1.77 bits per heavy atom. The molecule has 0 bridgehead atoms. The molecule has 0 aliphatic heterocycles. The number of Topliss-reactive ketones (excluding diaryl/α,β-unsaturated/α-hetero) is 1. The summed E-state index contributed by atoms with van der Waals surface area (Å²) in [7, 11) is 0. The summed E-state index contributed by atoms with van der Waals surface area (Å²) in [6.45, 7) is 2.98. The second-order valence-corrected chi connectivity index (χ2v) is 6.51. The molecular weight excluding hydrogens is 330 g/mol. The van der Waals surface area contributed by atoms with E-state index in [0.29, 0.717) is 16.8 Å². The molecule has 0 aromatic heterocycles. The predicted molar refractivity (Wildman–Crippen MR) is 98.4 cm³/mol. The van der Waals surface area contributed by atoms with Crippen molar-refractivity contribution in [1.29, 1.82) is 0 Å². The van der Waals surface area contributed by atoms with Crippen LogP contribution in [-0.2, 0) is 22.4 Å². The van der Waals surface area contributed by atoms with Crippen molar-refractivity contribution in [3.8, 4) is 0 Å². The second-order valence-electron chi connectivity index (χ2n) is 6.51. The van der Waals surface area contributed by atoms with Gasteiger partial charge in [0.1, 0.15) is 0 Å². The van der Waals surface area contributed by atoms with Gasteiger partial charge in [-0.1, -0.05) is 18.2 Å². The van der Waals surface area contributed by atoms with Gasteiger partial charge in [0.05, 0.1) is 5.56 Å². The van der Waals surface area contributed by atoms with Crippen LogP contribution in [0.15, 0.2) is 42.5 Å². The first-order chi connectivity index (χ1) is 12.4. The van der Waals surface area contributed by atoms with Crippen molar-refractivity contribution in [2.45, 2.75) is 39.2 Å². The van der Waals surface area contributed by atoms with Gasteiger partial charge in [0, 0.05) is 11.3 Å². The Kier molecular flexibility index (Phi) is 5.16. The van der Waals surface area contributed by atoms with Crippen molar-refractivity contribution >= 4 is 23.3 Å². The van der Waals surface area contributed by atoms with Crippen LogP contribution < -0.4 is 5.32 Å². The Hall–Kier alpha value is -2.95. The number of ketones is 1. The minimum atomic E-state index is -0.947. The van der Waals surface area contributed by atoms with E-state index < -0.39 is 18.0 Å². The number of aryl methyl sites for hydroxylation is 2. The molecule has 1 N–H and O–H groups in total. The van der Waals surface area contributed by atoms with E-state index in [4.69, 9.17) is 4.74 Å². The summed E-state index contributed by atoms with van der Waals surface area (Å²) >= 11 is 0. The molecular formula is C21H21NO4. The minimum absolute atomic E-state index is 0.0859. The number of carbonyl (C=O) groups is 3. The first kappa shape index (κ1) is 17.9. The first-order valence-electron chi connectivity index (χ1n) is 8.68. The third-order valence-electron chi connectivity index (χ3n) is 4.52. The van der Waals surface area contributed by atoms with Crippen LogP contribution in [0, 0.1) is 0 Å². The van der Waals surface area contributed by atoms with Crippen LogP contribution in [0.5, 0.6) is 0 Å². The molecule has 0 saturated carbocycles. The fourth-order valence-corrected chi connectivity index (χ4v) is 3.04. The van der Waals surface area contributed by atoms with Crippen LogP contribution in [0.2, 0.25) is 0 Å². The van der Waals surface area contributed by atoms with E-state index in [0.717, 1.165) is 19.3 Å². The van der Waals surface area contributed by atoms with Gasteiger partial charge in [0.15, 0.2) is 11.9 Å². The van der Waals surface area contributed by atoms with E-state index in [2.05, 4.69) is 5.32 Å². The molecule has 0 radical (unpaired) electrons. The highest BCUT2D eigenvalue weighted by atomic mass is 16.5. The van der Waals surface area contributed by atoms with Crippen LogP contribution in [0.25, 0.3) is 0 Å². The lowest BCUT2D eigenvalue weighted by Crippen LogP contribution is -2.30. The number of carbonyl (C=O) groups excluding carboxylic acids is 3. The van der Waals surface area contributed by atoms with Crippen molar-refractivity contribution in [3.63, 3.8) is 0 Å². The topological polar surface area (TPSA) is 72.5 Å².